The van der Waals surface area contributed by atoms with Crippen molar-refractivity contribution in [2.45, 2.75) is 32.5 Å². The highest BCUT2D eigenvalue weighted by Gasteiger charge is 2.32. The molecule has 0 aliphatic carbocycles. The standard InChI is InChI=1S/C7H12F5N/c1-5(2)13(3-6(8)9)4-7(10,11)12/h5-6H,3-4H2,1-2H3. The molecule has 80 valence electrons. The van der Waals surface area contributed by atoms with Crippen LogP contribution in [-0.4, -0.2) is 36.6 Å². The Kier molecular flexibility index (Phi) is 4.60. The number of alkyl halides is 5. The molecule has 0 aliphatic heterocycles. The van der Waals surface area contributed by atoms with Crippen LogP contribution in [0.1, 0.15) is 13.8 Å². The minimum atomic E-state index is -4.42. The van der Waals surface area contributed by atoms with Crippen LogP contribution in [0.2, 0.25) is 0 Å². The maximum Gasteiger partial charge on any atom is 0.401 e. The van der Waals surface area contributed by atoms with Gasteiger partial charge < -0.3 is 0 Å². The topological polar surface area (TPSA) is 3.24 Å². The molecule has 0 radical (unpaired) electrons. The summed E-state index contributed by atoms with van der Waals surface area (Å²) >= 11 is 0. The Morgan fingerprint density at radius 3 is 1.85 bits per heavy atom. The summed E-state index contributed by atoms with van der Waals surface area (Å²) in [5.41, 5.74) is 0. The van der Waals surface area contributed by atoms with Gasteiger partial charge in [-0.15, -0.1) is 0 Å². The highest BCUT2D eigenvalue weighted by Crippen LogP contribution is 2.18. The van der Waals surface area contributed by atoms with Crippen LogP contribution in [-0.2, 0) is 0 Å². The van der Waals surface area contributed by atoms with Gasteiger partial charge in [0.25, 0.3) is 6.43 Å². The summed E-state index contributed by atoms with van der Waals surface area (Å²) in [5.74, 6) is 0. The van der Waals surface area contributed by atoms with E-state index in [9.17, 15) is 22.0 Å². The Bertz CT molecular complexity index is 142. The monoisotopic (exact) mass is 205 g/mol. The Hall–Kier alpha value is -0.390. The summed E-state index contributed by atoms with van der Waals surface area (Å²) in [5, 5.41) is 0. The zero-order chi connectivity index (χ0) is 10.6. The first-order valence-electron chi connectivity index (χ1n) is 3.81. The third-order valence-electron chi connectivity index (χ3n) is 1.49. The molecule has 0 aromatic rings. The zero-order valence-electron chi connectivity index (χ0n) is 7.41. The van der Waals surface area contributed by atoms with Crippen LogP contribution in [0.3, 0.4) is 0 Å². The second kappa shape index (κ2) is 4.74. The normalized spacial score (nSPS) is 13.4. The molecule has 0 heterocycles. The molecule has 0 atom stereocenters. The third kappa shape index (κ3) is 6.74. The van der Waals surface area contributed by atoms with Crippen molar-refractivity contribution in [3.8, 4) is 0 Å². The summed E-state index contributed by atoms with van der Waals surface area (Å²) in [6.45, 7) is 0.786. The largest absolute Gasteiger partial charge is 0.401 e. The van der Waals surface area contributed by atoms with Crippen LogP contribution in [0.25, 0.3) is 0 Å². The Balaban J connectivity index is 4.11. The molecule has 6 heteroatoms. The van der Waals surface area contributed by atoms with Gasteiger partial charge in [0, 0.05) is 6.04 Å². The number of hydrogen-bond acceptors (Lipinski definition) is 1. The maximum atomic E-state index is 11.8. The lowest BCUT2D eigenvalue weighted by Crippen LogP contribution is -2.41. The van der Waals surface area contributed by atoms with Crippen molar-refractivity contribution in [3.63, 3.8) is 0 Å². The van der Waals surface area contributed by atoms with Crippen molar-refractivity contribution in [1.82, 2.24) is 4.90 Å². The van der Waals surface area contributed by atoms with Crippen molar-refractivity contribution >= 4 is 0 Å². The van der Waals surface area contributed by atoms with E-state index in [1.807, 2.05) is 0 Å². The van der Waals surface area contributed by atoms with E-state index in [1.54, 1.807) is 0 Å². The summed E-state index contributed by atoms with van der Waals surface area (Å²) < 4.78 is 59.1. The Morgan fingerprint density at radius 2 is 1.62 bits per heavy atom. The predicted octanol–water partition coefficient (Wildman–Crippen LogP) is 2.52. The van der Waals surface area contributed by atoms with E-state index in [0.29, 0.717) is 4.90 Å². The first kappa shape index (κ1) is 12.6. The molecule has 13 heavy (non-hydrogen) atoms. The van der Waals surface area contributed by atoms with Crippen molar-refractivity contribution in [2.24, 2.45) is 0 Å². The molecule has 0 spiro atoms. The lowest BCUT2D eigenvalue weighted by atomic mass is 10.3. The predicted molar refractivity (Wildman–Crippen MR) is 38.8 cm³/mol. The second-order valence-electron chi connectivity index (χ2n) is 3.03. The fourth-order valence-electron chi connectivity index (χ4n) is 0.865. The molecule has 0 N–H and O–H groups in total. The van der Waals surface area contributed by atoms with Crippen LogP contribution < -0.4 is 0 Å². The van der Waals surface area contributed by atoms with Gasteiger partial charge in [-0.2, -0.15) is 13.2 Å². The van der Waals surface area contributed by atoms with Gasteiger partial charge in [-0.25, -0.2) is 8.78 Å². The minimum absolute atomic E-state index is 0.532. The van der Waals surface area contributed by atoms with Crippen molar-refractivity contribution in [3.05, 3.63) is 0 Å². The van der Waals surface area contributed by atoms with Crippen LogP contribution in [0, 0.1) is 0 Å². The van der Waals surface area contributed by atoms with Gasteiger partial charge in [0.2, 0.25) is 0 Å². The average Bonchev–Trinajstić information content (AvgIpc) is 1.81. The number of nitrogens with zero attached hydrogens (tertiary/aromatic N) is 1. The van der Waals surface area contributed by atoms with Crippen molar-refractivity contribution in [1.29, 1.82) is 0 Å². The Labute approximate surface area is 73.5 Å². The molecule has 0 rings (SSSR count). The summed E-state index contributed by atoms with van der Waals surface area (Å²) in [4.78, 5) is 0.699. The van der Waals surface area contributed by atoms with Crippen LogP contribution in [0.4, 0.5) is 22.0 Å². The van der Waals surface area contributed by atoms with E-state index in [-0.39, 0.29) is 0 Å². The molecule has 0 aromatic carbocycles. The summed E-state index contributed by atoms with van der Waals surface area (Å²) in [6, 6.07) is -0.532. The fraction of sp³-hybridized carbons (Fsp3) is 1.00. The van der Waals surface area contributed by atoms with Crippen molar-refractivity contribution in [2.75, 3.05) is 13.1 Å². The third-order valence-corrected chi connectivity index (χ3v) is 1.49. The molecule has 0 unspecified atom stereocenters. The van der Waals surface area contributed by atoms with E-state index >= 15 is 0 Å². The van der Waals surface area contributed by atoms with Gasteiger partial charge in [0.15, 0.2) is 0 Å². The van der Waals surface area contributed by atoms with E-state index < -0.39 is 31.7 Å². The van der Waals surface area contributed by atoms with E-state index in [4.69, 9.17) is 0 Å². The molecule has 0 saturated heterocycles. The molecule has 0 aromatic heterocycles. The Morgan fingerprint density at radius 1 is 1.15 bits per heavy atom. The molecule has 1 nitrogen and oxygen atoms in total. The number of halogens is 5. The van der Waals surface area contributed by atoms with Gasteiger partial charge in [-0.3, -0.25) is 4.90 Å². The summed E-state index contributed by atoms with van der Waals surface area (Å²) in [7, 11) is 0. The maximum absolute atomic E-state index is 11.8. The molecule has 0 saturated carbocycles. The first-order valence-corrected chi connectivity index (χ1v) is 3.81. The fourth-order valence-corrected chi connectivity index (χ4v) is 0.865. The van der Waals surface area contributed by atoms with Gasteiger partial charge in [0.1, 0.15) is 0 Å². The van der Waals surface area contributed by atoms with Crippen LogP contribution in [0.15, 0.2) is 0 Å². The molecule has 0 bridgehead atoms. The summed E-state index contributed by atoms with van der Waals surface area (Å²) in [6.07, 6.45) is -7.15. The average molecular weight is 205 g/mol. The number of hydrogen-bond donors (Lipinski definition) is 0. The van der Waals surface area contributed by atoms with E-state index in [0.717, 1.165) is 0 Å². The zero-order valence-corrected chi connectivity index (χ0v) is 7.41. The van der Waals surface area contributed by atoms with Gasteiger partial charge in [0.05, 0.1) is 13.1 Å². The smallest absolute Gasteiger partial charge is 0.287 e. The SMILES string of the molecule is CC(C)N(CC(F)F)CC(F)(F)F. The van der Waals surface area contributed by atoms with Crippen LogP contribution >= 0.6 is 0 Å². The molecular weight excluding hydrogens is 193 g/mol. The van der Waals surface area contributed by atoms with Crippen LogP contribution in [0.5, 0.6) is 0 Å². The lowest BCUT2D eigenvalue weighted by Gasteiger charge is -2.26. The van der Waals surface area contributed by atoms with Gasteiger partial charge in [-0.1, -0.05) is 0 Å². The number of rotatable bonds is 4. The quantitative estimate of drug-likeness (QED) is 0.637. The van der Waals surface area contributed by atoms with E-state index in [2.05, 4.69) is 0 Å². The molecule has 0 aliphatic rings. The lowest BCUT2D eigenvalue weighted by molar-refractivity contribution is -0.153. The van der Waals surface area contributed by atoms with E-state index in [1.165, 1.54) is 13.8 Å². The molecule has 0 amide bonds. The molecule has 0 fully saturated rings. The first-order chi connectivity index (χ1) is 5.72. The molecular formula is C7H12F5N. The highest BCUT2D eigenvalue weighted by molar-refractivity contribution is 4.67. The highest BCUT2D eigenvalue weighted by atomic mass is 19.4. The second-order valence-corrected chi connectivity index (χ2v) is 3.03. The minimum Gasteiger partial charge on any atom is -0.287 e. The van der Waals surface area contributed by atoms with Crippen molar-refractivity contribution < 1.29 is 22.0 Å². The van der Waals surface area contributed by atoms with Gasteiger partial charge >= 0.3 is 6.18 Å². The van der Waals surface area contributed by atoms with Gasteiger partial charge in [-0.05, 0) is 13.8 Å².